The second-order valence-electron chi connectivity index (χ2n) is 3.05. The summed E-state index contributed by atoms with van der Waals surface area (Å²) in [7, 11) is 0. The first-order chi connectivity index (χ1) is 4.34. The number of hydrogen-bond donors (Lipinski definition) is 0. The second-order valence-corrected chi connectivity index (χ2v) is 3.05. The Labute approximate surface area is 58.0 Å². The van der Waals surface area contributed by atoms with E-state index in [-0.39, 0.29) is 0 Å². The summed E-state index contributed by atoms with van der Waals surface area (Å²) < 4.78 is 0. The fraction of sp³-hybridized carbons (Fsp3) is 0.778. The van der Waals surface area contributed by atoms with Crippen LogP contribution in [-0.4, -0.2) is 0 Å². The molecule has 0 saturated carbocycles. The van der Waals surface area contributed by atoms with Crippen LogP contribution in [0.5, 0.6) is 0 Å². The van der Waals surface area contributed by atoms with Crippen molar-refractivity contribution in [1.29, 1.82) is 0 Å². The van der Waals surface area contributed by atoms with Crippen molar-refractivity contribution >= 4 is 0 Å². The monoisotopic (exact) mass is 124 g/mol. The molecule has 0 nitrogen and oxygen atoms in total. The molecule has 0 aromatic rings. The van der Waals surface area contributed by atoms with Gasteiger partial charge in [-0.3, -0.25) is 0 Å². The van der Waals surface area contributed by atoms with Crippen LogP contribution in [0.3, 0.4) is 0 Å². The third kappa shape index (κ3) is 1.57. The standard InChI is InChI=1S/C9H16/c1-3-9-7-5-4-6-8(9)2/h5,7-9H,3-4,6H2,1-2H3/t8-,9+/m1/s1. The fourth-order valence-electron chi connectivity index (χ4n) is 1.57. The van der Waals surface area contributed by atoms with E-state index < -0.39 is 0 Å². The van der Waals surface area contributed by atoms with E-state index in [1.165, 1.54) is 19.3 Å². The van der Waals surface area contributed by atoms with Crippen molar-refractivity contribution < 1.29 is 0 Å². The molecule has 1 rings (SSSR count). The van der Waals surface area contributed by atoms with Gasteiger partial charge >= 0.3 is 0 Å². The third-order valence-electron chi connectivity index (χ3n) is 2.37. The Hall–Kier alpha value is -0.260. The molecule has 0 bridgehead atoms. The number of allylic oxidation sites excluding steroid dienone is 2. The van der Waals surface area contributed by atoms with Crippen LogP contribution in [0.25, 0.3) is 0 Å². The molecule has 1 aliphatic carbocycles. The molecule has 2 atom stereocenters. The van der Waals surface area contributed by atoms with Crippen molar-refractivity contribution in [3.05, 3.63) is 12.2 Å². The summed E-state index contributed by atoms with van der Waals surface area (Å²) in [4.78, 5) is 0. The normalized spacial score (nSPS) is 34.9. The lowest BCUT2D eigenvalue weighted by Gasteiger charge is -2.22. The lowest BCUT2D eigenvalue weighted by atomic mass is 9.84. The molecular formula is C9H16. The van der Waals surface area contributed by atoms with Gasteiger partial charge in [-0.15, -0.1) is 0 Å². The second kappa shape index (κ2) is 3.05. The highest BCUT2D eigenvalue weighted by atomic mass is 14.2. The fourth-order valence-corrected chi connectivity index (χ4v) is 1.57. The van der Waals surface area contributed by atoms with Crippen LogP contribution in [0.1, 0.15) is 33.1 Å². The van der Waals surface area contributed by atoms with Gasteiger partial charge in [0.1, 0.15) is 0 Å². The minimum atomic E-state index is 0.874. The molecular weight excluding hydrogens is 108 g/mol. The van der Waals surface area contributed by atoms with Crippen LogP contribution in [0.2, 0.25) is 0 Å². The van der Waals surface area contributed by atoms with E-state index in [9.17, 15) is 0 Å². The van der Waals surface area contributed by atoms with Gasteiger partial charge in [0.15, 0.2) is 0 Å². The molecule has 0 heteroatoms. The predicted molar refractivity (Wildman–Crippen MR) is 41.3 cm³/mol. The average Bonchev–Trinajstić information content (AvgIpc) is 1.89. The van der Waals surface area contributed by atoms with E-state index in [1.807, 2.05) is 0 Å². The maximum absolute atomic E-state index is 2.38. The van der Waals surface area contributed by atoms with E-state index in [0.29, 0.717) is 0 Å². The zero-order valence-electron chi connectivity index (χ0n) is 6.43. The topological polar surface area (TPSA) is 0 Å². The summed E-state index contributed by atoms with van der Waals surface area (Å²) in [6.45, 7) is 4.63. The van der Waals surface area contributed by atoms with Crippen LogP contribution in [0.4, 0.5) is 0 Å². The highest BCUT2D eigenvalue weighted by Crippen LogP contribution is 2.25. The smallest absolute Gasteiger partial charge is 0.0210 e. The Bertz CT molecular complexity index is 103. The molecule has 0 radical (unpaired) electrons. The molecule has 0 unspecified atom stereocenters. The zero-order valence-corrected chi connectivity index (χ0v) is 6.43. The first-order valence-corrected chi connectivity index (χ1v) is 4.01. The van der Waals surface area contributed by atoms with E-state index in [1.54, 1.807) is 0 Å². The molecule has 1 aliphatic rings. The molecule has 52 valence electrons. The van der Waals surface area contributed by atoms with Gasteiger partial charge in [0.05, 0.1) is 0 Å². The molecule has 9 heavy (non-hydrogen) atoms. The summed E-state index contributed by atoms with van der Waals surface area (Å²) in [6.07, 6.45) is 8.73. The quantitative estimate of drug-likeness (QED) is 0.471. The van der Waals surface area contributed by atoms with Gasteiger partial charge in [0.25, 0.3) is 0 Å². The Morgan fingerprint density at radius 3 is 2.78 bits per heavy atom. The molecule has 0 aromatic heterocycles. The van der Waals surface area contributed by atoms with Gasteiger partial charge in [-0.05, 0) is 31.1 Å². The number of hydrogen-bond acceptors (Lipinski definition) is 0. The van der Waals surface area contributed by atoms with E-state index in [2.05, 4.69) is 26.0 Å². The first kappa shape index (κ1) is 6.85. The van der Waals surface area contributed by atoms with Crippen LogP contribution in [0.15, 0.2) is 12.2 Å². The highest BCUT2D eigenvalue weighted by Gasteiger charge is 2.13. The van der Waals surface area contributed by atoms with Crippen molar-refractivity contribution in [2.75, 3.05) is 0 Å². The van der Waals surface area contributed by atoms with Crippen molar-refractivity contribution in [3.8, 4) is 0 Å². The summed E-state index contributed by atoms with van der Waals surface area (Å²) in [5, 5.41) is 0. The molecule has 0 saturated heterocycles. The van der Waals surface area contributed by atoms with Crippen LogP contribution in [-0.2, 0) is 0 Å². The van der Waals surface area contributed by atoms with Gasteiger partial charge in [-0.25, -0.2) is 0 Å². The Morgan fingerprint density at radius 2 is 2.33 bits per heavy atom. The largest absolute Gasteiger partial charge is 0.0882 e. The minimum Gasteiger partial charge on any atom is -0.0882 e. The van der Waals surface area contributed by atoms with Crippen molar-refractivity contribution in [1.82, 2.24) is 0 Å². The van der Waals surface area contributed by atoms with Crippen LogP contribution in [0, 0.1) is 11.8 Å². The molecule has 0 fully saturated rings. The summed E-state index contributed by atoms with van der Waals surface area (Å²) in [5.74, 6) is 1.80. The maximum atomic E-state index is 2.38. The van der Waals surface area contributed by atoms with E-state index in [4.69, 9.17) is 0 Å². The molecule has 0 amide bonds. The maximum Gasteiger partial charge on any atom is -0.0210 e. The average molecular weight is 124 g/mol. The first-order valence-electron chi connectivity index (χ1n) is 4.01. The van der Waals surface area contributed by atoms with Crippen molar-refractivity contribution in [2.24, 2.45) is 11.8 Å². The molecule has 0 aromatic carbocycles. The molecule has 0 aliphatic heterocycles. The van der Waals surface area contributed by atoms with Gasteiger partial charge in [0, 0.05) is 0 Å². The van der Waals surface area contributed by atoms with Gasteiger partial charge < -0.3 is 0 Å². The van der Waals surface area contributed by atoms with E-state index in [0.717, 1.165) is 11.8 Å². The highest BCUT2D eigenvalue weighted by molar-refractivity contribution is 4.95. The summed E-state index contributed by atoms with van der Waals surface area (Å²) in [5.41, 5.74) is 0. The lowest BCUT2D eigenvalue weighted by molar-refractivity contribution is 0.378. The molecule has 0 heterocycles. The third-order valence-corrected chi connectivity index (χ3v) is 2.37. The lowest BCUT2D eigenvalue weighted by Crippen LogP contribution is -2.10. The van der Waals surface area contributed by atoms with Crippen LogP contribution >= 0.6 is 0 Å². The molecule has 0 spiro atoms. The summed E-state index contributed by atoms with van der Waals surface area (Å²) >= 11 is 0. The predicted octanol–water partition coefficient (Wildman–Crippen LogP) is 3.00. The SMILES string of the molecule is CC[C@H]1C=CCC[C@H]1C. The Balaban J connectivity index is 2.46. The Kier molecular flexibility index (Phi) is 2.32. The minimum absolute atomic E-state index is 0.874. The van der Waals surface area contributed by atoms with E-state index >= 15 is 0 Å². The zero-order chi connectivity index (χ0) is 6.69. The Morgan fingerprint density at radius 1 is 1.56 bits per heavy atom. The summed E-state index contributed by atoms with van der Waals surface area (Å²) in [6, 6.07) is 0. The van der Waals surface area contributed by atoms with Gasteiger partial charge in [0.2, 0.25) is 0 Å². The van der Waals surface area contributed by atoms with Crippen molar-refractivity contribution in [2.45, 2.75) is 33.1 Å². The van der Waals surface area contributed by atoms with Gasteiger partial charge in [-0.1, -0.05) is 26.0 Å². The van der Waals surface area contributed by atoms with Crippen LogP contribution < -0.4 is 0 Å². The van der Waals surface area contributed by atoms with Crippen molar-refractivity contribution in [3.63, 3.8) is 0 Å². The number of rotatable bonds is 1. The van der Waals surface area contributed by atoms with Gasteiger partial charge in [-0.2, -0.15) is 0 Å². The molecule has 0 N–H and O–H groups in total.